The number of halogens is 3. The van der Waals surface area contributed by atoms with Crippen molar-refractivity contribution < 1.29 is 18.0 Å². The Labute approximate surface area is 175 Å². The molecule has 4 rings (SSSR count). The van der Waals surface area contributed by atoms with Gasteiger partial charge in [0.05, 0.1) is 23.3 Å². The Morgan fingerprint density at radius 3 is 2.26 bits per heavy atom. The van der Waals surface area contributed by atoms with E-state index in [1.165, 1.54) is 13.8 Å². The molecule has 0 unspecified atom stereocenters. The fourth-order valence-electron chi connectivity index (χ4n) is 3.09. The number of carbonyl (C=O) groups excluding carboxylic acids is 1. The first-order valence-electron chi connectivity index (χ1n) is 9.26. The third kappa shape index (κ3) is 4.32. The van der Waals surface area contributed by atoms with Crippen LogP contribution >= 0.6 is 0 Å². The fraction of sp³-hybridized carbons (Fsp3) is 0.143. The lowest BCUT2D eigenvalue weighted by atomic mass is 10.1. The molecule has 1 N–H and O–H groups in total. The zero-order valence-corrected chi connectivity index (χ0v) is 16.6. The third-order valence-electron chi connectivity index (χ3n) is 4.48. The Morgan fingerprint density at radius 1 is 1.00 bits per heavy atom. The van der Waals surface area contributed by atoms with Gasteiger partial charge in [-0.3, -0.25) is 4.79 Å². The van der Waals surface area contributed by atoms with E-state index in [9.17, 15) is 18.0 Å². The first kappa shape index (κ1) is 20.3. The van der Waals surface area contributed by atoms with Gasteiger partial charge in [-0.1, -0.05) is 17.3 Å². The summed E-state index contributed by atoms with van der Waals surface area (Å²) in [6.45, 7) is 2.95. The van der Waals surface area contributed by atoms with E-state index in [1.807, 2.05) is 0 Å². The van der Waals surface area contributed by atoms with Crippen LogP contribution in [-0.2, 0) is 11.0 Å². The van der Waals surface area contributed by atoms with E-state index in [4.69, 9.17) is 0 Å². The molecular formula is C21H17F3N6O. The molecule has 158 valence electrons. The van der Waals surface area contributed by atoms with Crippen molar-refractivity contribution >= 4 is 11.6 Å². The van der Waals surface area contributed by atoms with Crippen molar-refractivity contribution in [1.29, 1.82) is 0 Å². The molecule has 0 aliphatic carbocycles. The van der Waals surface area contributed by atoms with Crippen molar-refractivity contribution in [2.45, 2.75) is 20.0 Å². The molecule has 0 bridgehead atoms. The van der Waals surface area contributed by atoms with Crippen LogP contribution in [0, 0.1) is 6.92 Å². The number of carbonyl (C=O) groups is 1. The number of anilines is 1. The monoisotopic (exact) mass is 426 g/mol. The van der Waals surface area contributed by atoms with Gasteiger partial charge in [-0.15, -0.1) is 5.10 Å². The molecule has 0 spiro atoms. The van der Waals surface area contributed by atoms with Gasteiger partial charge in [-0.25, -0.2) is 9.36 Å². The molecule has 2 aromatic heterocycles. The van der Waals surface area contributed by atoms with E-state index in [2.05, 4.69) is 20.7 Å². The molecule has 2 heterocycles. The number of aryl methyl sites for hydroxylation is 1. The maximum atomic E-state index is 13.2. The summed E-state index contributed by atoms with van der Waals surface area (Å²) >= 11 is 0. The predicted octanol–water partition coefficient (Wildman–Crippen LogP) is 4.41. The summed E-state index contributed by atoms with van der Waals surface area (Å²) in [5, 5.41) is 14.9. The van der Waals surface area contributed by atoms with Crippen molar-refractivity contribution in [1.82, 2.24) is 24.8 Å². The van der Waals surface area contributed by atoms with Crippen molar-refractivity contribution in [3.63, 3.8) is 0 Å². The van der Waals surface area contributed by atoms with Crippen LogP contribution in [0.1, 0.15) is 18.3 Å². The van der Waals surface area contributed by atoms with Gasteiger partial charge in [-0.05, 0) is 49.4 Å². The van der Waals surface area contributed by atoms with Crippen LogP contribution in [0.5, 0.6) is 0 Å². The molecule has 31 heavy (non-hydrogen) atoms. The molecule has 0 fully saturated rings. The number of hydrogen-bond donors (Lipinski definition) is 1. The summed E-state index contributed by atoms with van der Waals surface area (Å²) in [7, 11) is 0. The summed E-state index contributed by atoms with van der Waals surface area (Å²) in [5.41, 5.74) is 2.42. The van der Waals surface area contributed by atoms with Crippen LogP contribution in [0.15, 0.2) is 60.8 Å². The topological polar surface area (TPSA) is 77.6 Å². The minimum atomic E-state index is -4.50. The predicted molar refractivity (Wildman–Crippen MR) is 108 cm³/mol. The lowest BCUT2D eigenvalue weighted by Crippen LogP contribution is -2.13. The van der Waals surface area contributed by atoms with Gasteiger partial charge in [0.1, 0.15) is 11.4 Å². The van der Waals surface area contributed by atoms with Crippen LogP contribution in [0.25, 0.3) is 22.6 Å². The van der Waals surface area contributed by atoms with Gasteiger partial charge in [0.15, 0.2) is 0 Å². The number of nitrogens with zero attached hydrogens (tertiary/aromatic N) is 5. The number of amides is 1. The number of hydrogen-bond acceptors (Lipinski definition) is 4. The quantitative estimate of drug-likeness (QED) is 0.525. The Kier molecular flexibility index (Phi) is 5.05. The molecular weight excluding hydrogens is 409 g/mol. The first-order valence-corrected chi connectivity index (χ1v) is 9.26. The Morgan fingerprint density at radius 2 is 1.65 bits per heavy atom. The fourth-order valence-corrected chi connectivity index (χ4v) is 3.09. The second-order valence-corrected chi connectivity index (χ2v) is 6.90. The minimum Gasteiger partial charge on any atom is -0.326 e. The highest BCUT2D eigenvalue weighted by atomic mass is 19.4. The molecule has 0 saturated carbocycles. The molecule has 0 atom stereocenters. The van der Waals surface area contributed by atoms with Crippen molar-refractivity contribution in [3.05, 3.63) is 72.2 Å². The summed E-state index contributed by atoms with van der Waals surface area (Å²) in [4.78, 5) is 11.1. The van der Waals surface area contributed by atoms with Gasteiger partial charge in [0.25, 0.3) is 0 Å². The van der Waals surface area contributed by atoms with Crippen LogP contribution < -0.4 is 5.32 Å². The Hall–Kier alpha value is -3.95. The summed E-state index contributed by atoms with van der Waals surface area (Å²) in [6, 6.07) is 14.5. The third-order valence-corrected chi connectivity index (χ3v) is 4.48. The minimum absolute atomic E-state index is 0.160. The molecule has 0 saturated heterocycles. The lowest BCUT2D eigenvalue weighted by Gasteiger charge is -2.10. The normalized spacial score (nSPS) is 11.5. The standard InChI is InChI=1S/C21H17F3N6O/c1-13-11-20(21(22,23)24)30(27-13)18-7-3-15(4-8-18)19-12-29(28-26-19)17-9-5-16(6-10-17)25-14(2)31/h3-12H,1-2H3,(H,25,31). The zero-order valence-electron chi connectivity index (χ0n) is 16.6. The number of rotatable bonds is 4. The van der Waals surface area contributed by atoms with E-state index in [0.29, 0.717) is 22.6 Å². The molecule has 0 radical (unpaired) electrons. The number of aromatic nitrogens is 5. The van der Waals surface area contributed by atoms with E-state index < -0.39 is 11.9 Å². The maximum absolute atomic E-state index is 13.2. The molecule has 10 heteroatoms. The van der Waals surface area contributed by atoms with Gasteiger partial charge < -0.3 is 5.32 Å². The number of alkyl halides is 3. The van der Waals surface area contributed by atoms with E-state index in [-0.39, 0.29) is 11.6 Å². The molecule has 0 aliphatic rings. The van der Waals surface area contributed by atoms with Gasteiger partial charge in [0.2, 0.25) is 5.91 Å². The van der Waals surface area contributed by atoms with Crippen LogP contribution in [0.3, 0.4) is 0 Å². The molecule has 2 aromatic carbocycles. The van der Waals surface area contributed by atoms with Crippen molar-refractivity contribution in [2.24, 2.45) is 0 Å². The number of benzene rings is 2. The Balaban J connectivity index is 1.57. The molecule has 0 aliphatic heterocycles. The average Bonchev–Trinajstić information content (AvgIpc) is 3.35. The lowest BCUT2D eigenvalue weighted by molar-refractivity contribution is -0.142. The van der Waals surface area contributed by atoms with Crippen molar-refractivity contribution in [3.8, 4) is 22.6 Å². The van der Waals surface area contributed by atoms with Gasteiger partial charge in [-0.2, -0.15) is 18.3 Å². The Bertz CT molecular complexity index is 1220. The van der Waals surface area contributed by atoms with E-state index in [1.54, 1.807) is 59.4 Å². The van der Waals surface area contributed by atoms with Gasteiger partial charge in [0, 0.05) is 18.2 Å². The zero-order chi connectivity index (χ0) is 22.2. The maximum Gasteiger partial charge on any atom is 0.433 e. The second-order valence-electron chi connectivity index (χ2n) is 6.90. The van der Waals surface area contributed by atoms with Crippen molar-refractivity contribution in [2.75, 3.05) is 5.32 Å². The van der Waals surface area contributed by atoms with E-state index in [0.717, 1.165) is 16.4 Å². The summed E-state index contributed by atoms with van der Waals surface area (Å²) < 4.78 is 42.2. The molecule has 7 nitrogen and oxygen atoms in total. The van der Waals surface area contributed by atoms with Crippen LogP contribution in [0.4, 0.5) is 18.9 Å². The highest BCUT2D eigenvalue weighted by molar-refractivity contribution is 5.88. The van der Waals surface area contributed by atoms with Gasteiger partial charge >= 0.3 is 6.18 Å². The summed E-state index contributed by atoms with van der Waals surface area (Å²) in [6.07, 6.45) is -2.79. The molecule has 4 aromatic rings. The highest BCUT2D eigenvalue weighted by Crippen LogP contribution is 2.32. The van der Waals surface area contributed by atoms with Crippen LogP contribution in [0.2, 0.25) is 0 Å². The smallest absolute Gasteiger partial charge is 0.326 e. The average molecular weight is 426 g/mol. The number of nitrogens with one attached hydrogen (secondary N) is 1. The first-order chi connectivity index (χ1) is 14.7. The largest absolute Gasteiger partial charge is 0.433 e. The second kappa shape index (κ2) is 7.71. The van der Waals surface area contributed by atoms with Crippen LogP contribution in [-0.4, -0.2) is 30.7 Å². The summed E-state index contributed by atoms with van der Waals surface area (Å²) in [5.74, 6) is -0.160. The highest BCUT2D eigenvalue weighted by Gasteiger charge is 2.35. The molecule has 1 amide bonds. The van der Waals surface area contributed by atoms with E-state index >= 15 is 0 Å². The SMILES string of the molecule is CC(=O)Nc1ccc(-n2cc(-c3ccc(-n4nc(C)cc4C(F)(F)F)cc3)nn2)cc1.